The van der Waals surface area contributed by atoms with E-state index in [-0.39, 0.29) is 12.0 Å². The summed E-state index contributed by atoms with van der Waals surface area (Å²) < 4.78 is 0. The summed E-state index contributed by atoms with van der Waals surface area (Å²) in [6, 6.07) is 5.70. The highest BCUT2D eigenvalue weighted by Gasteiger charge is 2.12. The Labute approximate surface area is 97.9 Å². The maximum atomic E-state index is 11.8. The van der Waals surface area contributed by atoms with E-state index < -0.39 is 5.97 Å². The van der Waals surface area contributed by atoms with E-state index in [1.165, 1.54) is 0 Å². The number of hydrogen-bond donors (Lipinski definition) is 2. The van der Waals surface area contributed by atoms with Gasteiger partial charge in [0, 0.05) is 16.5 Å². The Balaban J connectivity index is 2.77. The van der Waals surface area contributed by atoms with E-state index >= 15 is 0 Å². The van der Waals surface area contributed by atoms with Crippen molar-refractivity contribution >= 4 is 16.9 Å². The molecule has 0 aliphatic heterocycles. The average molecular weight is 231 g/mol. The standard InChI is InChI=1S/C13H13NO3/c1-7-3-4-11-9(5-7)8(2)10(6-12(15)16)13(17)14-11/h3-5H,6H2,1-2H3,(H,14,17)(H,15,16). The van der Waals surface area contributed by atoms with Gasteiger partial charge in [-0.3, -0.25) is 9.59 Å². The highest BCUT2D eigenvalue weighted by atomic mass is 16.4. The minimum Gasteiger partial charge on any atom is -0.481 e. The van der Waals surface area contributed by atoms with E-state index in [1.807, 2.05) is 25.1 Å². The third-order valence-corrected chi connectivity index (χ3v) is 2.88. The van der Waals surface area contributed by atoms with Gasteiger partial charge in [-0.05, 0) is 31.5 Å². The number of fused-ring (bicyclic) bond motifs is 1. The van der Waals surface area contributed by atoms with Gasteiger partial charge in [0.1, 0.15) is 0 Å². The van der Waals surface area contributed by atoms with Crippen LogP contribution in [0.2, 0.25) is 0 Å². The van der Waals surface area contributed by atoms with Gasteiger partial charge in [0.05, 0.1) is 6.42 Å². The van der Waals surface area contributed by atoms with Gasteiger partial charge >= 0.3 is 5.97 Å². The number of pyridine rings is 1. The summed E-state index contributed by atoms with van der Waals surface area (Å²) in [6.07, 6.45) is -0.245. The van der Waals surface area contributed by atoms with Crippen LogP contribution in [0.5, 0.6) is 0 Å². The number of carbonyl (C=O) groups is 1. The number of nitrogens with one attached hydrogen (secondary N) is 1. The molecule has 88 valence electrons. The fraction of sp³-hybridized carbons (Fsp3) is 0.231. The van der Waals surface area contributed by atoms with E-state index in [9.17, 15) is 9.59 Å². The Morgan fingerprint density at radius 2 is 2.06 bits per heavy atom. The first-order chi connectivity index (χ1) is 7.99. The molecule has 17 heavy (non-hydrogen) atoms. The van der Waals surface area contributed by atoms with E-state index in [0.29, 0.717) is 5.56 Å². The molecule has 0 unspecified atom stereocenters. The van der Waals surface area contributed by atoms with Crippen molar-refractivity contribution in [3.8, 4) is 0 Å². The second kappa shape index (κ2) is 4.05. The van der Waals surface area contributed by atoms with E-state index in [1.54, 1.807) is 6.92 Å². The van der Waals surface area contributed by atoms with Gasteiger partial charge in [0.15, 0.2) is 0 Å². The molecule has 0 fully saturated rings. The minimum absolute atomic E-state index is 0.245. The number of aromatic amines is 1. The molecule has 2 N–H and O–H groups in total. The highest BCUT2D eigenvalue weighted by Crippen LogP contribution is 2.19. The topological polar surface area (TPSA) is 70.2 Å². The van der Waals surface area contributed by atoms with Crippen LogP contribution in [0.25, 0.3) is 10.9 Å². The molecule has 4 nitrogen and oxygen atoms in total. The van der Waals surface area contributed by atoms with E-state index in [2.05, 4.69) is 4.98 Å². The molecule has 0 saturated heterocycles. The largest absolute Gasteiger partial charge is 0.481 e. The summed E-state index contributed by atoms with van der Waals surface area (Å²) in [5.41, 5.74) is 2.58. The summed E-state index contributed by atoms with van der Waals surface area (Å²) >= 11 is 0. The van der Waals surface area contributed by atoms with Crippen LogP contribution in [0.3, 0.4) is 0 Å². The zero-order chi connectivity index (χ0) is 12.6. The lowest BCUT2D eigenvalue weighted by molar-refractivity contribution is -0.136. The molecule has 2 rings (SSSR count). The lowest BCUT2D eigenvalue weighted by atomic mass is 10.0. The lowest BCUT2D eigenvalue weighted by Gasteiger charge is -2.07. The van der Waals surface area contributed by atoms with Crippen molar-refractivity contribution < 1.29 is 9.90 Å². The van der Waals surface area contributed by atoms with Gasteiger partial charge < -0.3 is 10.1 Å². The van der Waals surface area contributed by atoms with E-state index in [4.69, 9.17) is 5.11 Å². The SMILES string of the molecule is Cc1ccc2[nH]c(=O)c(CC(=O)O)c(C)c2c1. The Morgan fingerprint density at radius 3 is 2.71 bits per heavy atom. The summed E-state index contributed by atoms with van der Waals surface area (Å²) in [5, 5.41) is 9.69. The van der Waals surface area contributed by atoms with Gasteiger partial charge in [0.25, 0.3) is 5.56 Å². The van der Waals surface area contributed by atoms with Crippen LogP contribution >= 0.6 is 0 Å². The van der Waals surface area contributed by atoms with Crippen LogP contribution in [0.4, 0.5) is 0 Å². The number of carboxylic acid groups (broad SMARTS) is 1. The fourth-order valence-corrected chi connectivity index (χ4v) is 1.97. The van der Waals surface area contributed by atoms with Crippen LogP contribution in [0, 0.1) is 13.8 Å². The third kappa shape index (κ3) is 2.06. The Hall–Kier alpha value is -2.10. The minimum atomic E-state index is -0.995. The van der Waals surface area contributed by atoms with Crippen LogP contribution < -0.4 is 5.56 Å². The molecule has 0 spiro atoms. The van der Waals surface area contributed by atoms with Crippen molar-refractivity contribution in [2.75, 3.05) is 0 Å². The molecular formula is C13H13NO3. The second-order valence-corrected chi connectivity index (χ2v) is 4.18. The smallest absolute Gasteiger partial charge is 0.308 e. The van der Waals surface area contributed by atoms with Gasteiger partial charge in [-0.1, -0.05) is 11.6 Å². The molecule has 0 saturated carbocycles. The van der Waals surface area contributed by atoms with Gasteiger partial charge in [-0.25, -0.2) is 0 Å². The number of benzene rings is 1. The molecule has 0 aliphatic carbocycles. The van der Waals surface area contributed by atoms with Crippen molar-refractivity contribution in [3.05, 3.63) is 45.2 Å². The molecule has 1 aromatic heterocycles. The third-order valence-electron chi connectivity index (χ3n) is 2.88. The summed E-state index contributed by atoms with van der Waals surface area (Å²) in [5.74, 6) is -0.995. The van der Waals surface area contributed by atoms with Crippen LogP contribution in [0.1, 0.15) is 16.7 Å². The fourth-order valence-electron chi connectivity index (χ4n) is 1.97. The number of aromatic nitrogens is 1. The average Bonchev–Trinajstić information content (AvgIpc) is 2.25. The monoisotopic (exact) mass is 231 g/mol. The van der Waals surface area contributed by atoms with Crippen molar-refractivity contribution in [1.29, 1.82) is 0 Å². The number of carboxylic acids is 1. The molecule has 0 aliphatic rings. The number of rotatable bonds is 2. The van der Waals surface area contributed by atoms with Crippen LogP contribution in [0.15, 0.2) is 23.0 Å². The molecule has 1 heterocycles. The first-order valence-electron chi connectivity index (χ1n) is 5.33. The normalized spacial score (nSPS) is 10.7. The molecule has 0 atom stereocenters. The molecule has 4 heteroatoms. The quantitative estimate of drug-likeness (QED) is 0.827. The van der Waals surface area contributed by atoms with Crippen molar-refractivity contribution in [2.45, 2.75) is 20.3 Å². The van der Waals surface area contributed by atoms with Crippen molar-refractivity contribution in [1.82, 2.24) is 4.98 Å². The molecule has 0 bridgehead atoms. The molecule has 1 aromatic carbocycles. The first kappa shape index (κ1) is 11.4. The zero-order valence-corrected chi connectivity index (χ0v) is 9.70. The number of H-pyrrole nitrogens is 1. The van der Waals surface area contributed by atoms with Crippen molar-refractivity contribution in [3.63, 3.8) is 0 Å². The maximum absolute atomic E-state index is 11.8. The van der Waals surface area contributed by atoms with E-state index in [0.717, 1.165) is 22.0 Å². The first-order valence-corrected chi connectivity index (χ1v) is 5.33. The summed E-state index contributed by atoms with van der Waals surface area (Å²) in [4.78, 5) is 25.2. The maximum Gasteiger partial charge on any atom is 0.308 e. The highest BCUT2D eigenvalue weighted by molar-refractivity contribution is 5.84. The second-order valence-electron chi connectivity index (χ2n) is 4.18. The summed E-state index contributed by atoms with van der Waals surface area (Å²) in [6.45, 7) is 3.75. The number of aryl methyl sites for hydroxylation is 2. The zero-order valence-electron chi connectivity index (χ0n) is 9.70. The van der Waals surface area contributed by atoms with Gasteiger partial charge in [-0.2, -0.15) is 0 Å². The Kier molecular flexibility index (Phi) is 2.71. The van der Waals surface area contributed by atoms with Gasteiger partial charge in [-0.15, -0.1) is 0 Å². The predicted octanol–water partition coefficient (Wildman–Crippen LogP) is 1.77. The number of hydrogen-bond acceptors (Lipinski definition) is 2. The molecule has 0 radical (unpaired) electrons. The van der Waals surface area contributed by atoms with Crippen LogP contribution in [-0.4, -0.2) is 16.1 Å². The predicted molar refractivity (Wildman–Crippen MR) is 65.4 cm³/mol. The molecular weight excluding hydrogens is 218 g/mol. The van der Waals surface area contributed by atoms with Crippen molar-refractivity contribution in [2.24, 2.45) is 0 Å². The Bertz CT molecular complexity index is 655. The Morgan fingerprint density at radius 1 is 1.35 bits per heavy atom. The van der Waals surface area contributed by atoms with Crippen LogP contribution in [-0.2, 0) is 11.2 Å². The van der Waals surface area contributed by atoms with Gasteiger partial charge in [0.2, 0.25) is 0 Å². The summed E-state index contributed by atoms with van der Waals surface area (Å²) in [7, 11) is 0. The lowest BCUT2D eigenvalue weighted by Crippen LogP contribution is -2.18. The molecule has 0 amide bonds. The molecule has 2 aromatic rings. The number of aliphatic carboxylic acids is 1.